The largest absolute Gasteiger partial charge is 0.481 e. The van der Waals surface area contributed by atoms with Crippen LogP contribution >= 0.6 is 0 Å². The van der Waals surface area contributed by atoms with E-state index in [1.807, 2.05) is 0 Å². The predicted octanol–water partition coefficient (Wildman–Crippen LogP) is 0.395. The van der Waals surface area contributed by atoms with Crippen LogP contribution in [0, 0.1) is 5.92 Å². The lowest BCUT2D eigenvalue weighted by molar-refractivity contribution is -0.143. The number of carbonyl (C=O) groups is 1. The molecular weight excluding hydrogens is 236 g/mol. The number of rotatable bonds is 2. The molecule has 0 bridgehead atoms. The summed E-state index contributed by atoms with van der Waals surface area (Å²) in [5.74, 6) is -1.51. The van der Waals surface area contributed by atoms with Gasteiger partial charge >= 0.3 is 5.97 Å². The predicted molar refractivity (Wildman–Crippen MR) is 61.0 cm³/mol. The molecule has 2 aromatic heterocycles. The second-order valence-corrected chi connectivity index (χ2v) is 4.32. The van der Waals surface area contributed by atoms with Gasteiger partial charge in [0.2, 0.25) is 0 Å². The molecule has 1 saturated heterocycles. The molecule has 2 N–H and O–H groups in total. The van der Waals surface area contributed by atoms with Crippen molar-refractivity contribution in [3.8, 4) is 0 Å². The van der Waals surface area contributed by atoms with Crippen LogP contribution in [0.4, 0.5) is 0 Å². The van der Waals surface area contributed by atoms with Crippen molar-refractivity contribution in [2.75, 3.05) is 13.1 Å². The molecule has 0 amide bonds. The van der Waals surface area contributed by atoms with Crippen LogP contribution in [-0.2, 0) is 4.79 Å². The zero-order chi connectivity index (χ0) is 12.5. The molecule has 2 aromatic rings. The molecule has 2 unspecified atom stereocenters. The third-order valence-electron chi connectivity index (χ3n) is 3.29. The van der Waals surface area contributed by atoms with Gasteiger partial charge in [0.15, 0.2) is 5.52 Å². The Bertz CT molecular complexity index is 582. The first-order valence-electron chi connectivity index (χ1n) is 5.77. The Morgan fingerprint density at radius 3 is 3.11 bits per heavy atom. The van der Waals surface area contributed by atoms with E-state index in [0.717, 1.165) is 6.54 Å². The Labute approximate surface area is 102 Å². The number of carboxylic acids is 1. The van der Waals surface area contributed by atoms with Crippen molar-refractivity contribution in [1.29, 1.82) is 0 Å². The van der Waals surface area contributed by atoms with Gasteiger partial charge in [-0.05, 0) is 13.0 Å². The molecule has 0 spiro atoms. The molecule has 7 nitrogen and oxygen atoms in total. The molecule has 1 aliphatic heterocycles. The monoisotopic (exact) mass is 248 g/mol. The number of aliphatic carboxylic acids is 1. The van der Waals surface area contributed by atoms with Crippen molar-refractivity contribution < 1.29 is 14.4 Å². The van der Waals surface area contributed by atoms with Crippen molar-refractivity contribution in [1.82, 2.24) is 20.4 Å². The lowest BCUT2D eigenvalue weighted by atomic mass is 9.84. The van der Waals surface area contributed by atoms with Gasteiger partial charge in [-0.25, -0.2) is 9.97 Å². The summed E-state index contributed by atoms with van der Waals surface area (Å²) in [5, 5.41) is 16.3. The first kappa shape index (κ1) is 11.1. The second kappa shape index (κ2) is 4.34. The normalized spacial score (nSPS) is 24.2. The summed E-state index contributed by atoms with van der Waals surface area (Å²) in [7, 11) is 0. The highest BCUT2D eigenvalue weighted by atomic mass is 16.5. The van der Waals surface area contributed by atoms with E-state index in [0.29, 0.717) is 29.9 Å². The number of hydrogen-bond acceptors (Lipinski definition) is 6. The fourth-order valence-electron chi connectivity index (χ4n) is 2.39. The topological polar surface area (TPSA) is 101 Å². The van der Waals surface area contributed by atoms with Crippen molar-refractivity contribution in [3.05, 3.63) is 18.1 Å². The number of fused-ring (bicyclic) bond motifs is 1. The Hall–Kier alpha value is -2.02. The van der Waals surface area contributed by atoms with Crippen molar-refractivity contribution in [2.24, 2.45) is 5.92 Å². The van der Waals surface area contributed by atoms with Crippen LogP contribution < -0.4 is 5.32 Å². The van der Waals surface area contributed by atoms with E-state index in [1.54, 1.807) is 6.20 Å². The van der Waals surface area contributed by atoms with Crippen LogP contribution in [-0.4, -0.2) is 39.3 Å². The number of nitrogens with zero attached hydrogens (tertiary/aromatic N) is 3. The molecule has 0 aromatic carbocycles. The maximum Gasteiger partial charge on any atom is 0.308 e. The molecule has 2 atom stereocenters. The van der Waals surface area contributed by atoms with Gasteiger partial charge in [0.25, 0.3) is 5.71 Å². The third kappa shape index (κ3) is 1.72. The SMILES string of the molecule is O=C(O)C1CNCCC1c1noc2nccnc12. The quantitative estimate of drug-likeness (QED) is 0.792. The zero-order valence-corrected chi connectivity index (χ0v) is 9.54. The molecule has 7 heteroatoms. The minimum Gasteiger partial charge on any atom is -0.481 e. The first-order chi connectivity index (χ1) is 8.77. The standard InChI is InChI=1S/C11H12N4O3/c16-11(17)7-5-12-2-1-6(7)8-9-10(18-15-8)14-4-3-13-9/h3-4,6-7,12H,1-2,5H2,(H,16,17). The van der Waals surface area contributed by atoms with E-state index in [-0.39, 0.29) is 5.92 Å². The summed E-state index contributed by atoms with van der Waals surface area (Å²) in [4.78, 5) is 19.5. The molecule has 3 rings (SSSR count). The smallest absolute Gasteiger partial charge is 0.308 e. The number of carboxylic acid groups (broad SMARTS) is 1. The van der Waals surface area contributed by atoms with Gasteiger partial charge in [0, 0.05) is 24.9 Å². The van der Waals surface area contributed by atoms with E-state index in [1.165, 1.54) is 6.20 Å². The van der Waals surface area contributed by atoms with Crippen LogP contribution in [0.25, 0.3) is 11.2 Å². The summed E-state index contributed by atoms with van der Waals surface area (Å²) in [6, 6.07) is 0. The number of piperidine rings is 1. The lowest BCUT2D eigenvalue weighted by Crippen LogP contribution is -2.39. The molecule has 0 aliphatic carbocycles. The van der Waals surface area contributed by atoms with Crippen molar-refractivity contribution >= 4 is 17.2 Å². The number of nitrogens with one attached hydrogen (secondary N) is 1. The maximum atomic E-state index is 11.3. The van der Waals surface area contributed by atoms with Gasteiger partial charge < -0.3 is 14.9 Å². The van der Waals surface area contributed by atoms with Crippen LogP contribution in [0.1, 0.15) is 18.0 Å². The van der Waals surface area contributed by atoms with E-state index in [4.69, 9.17) is 4.52 Å². The number of hydrogen-bond donors (Lipinski definition) is 2. The maximum absolute atomic E-state index is 11.3. The van der Waals surface area contributed by atoms with Gasteiger partial charge in [0.05, 0.1) is 5.92 Å². The molecule has 94 valence electrons. The highest BCUT2D eigenvalue weighted by Gasteiger charge is 2.35. The second-order valence-electron chi connectivity index (χ2n) is 4.32. The van der Waals surface area contributed by atoms with Crippen LogP contribution in [0.2, 0.25) is 0 Å². The van der Waals surface area contributed by atoms with Crippen molar-refractivity contribution in [2.45, 2.75) is 12.3 Å². The van der Waals surface area contributed by atoms with Crippen LogP contribution in [0.5, 0.6) is 0 Å². The average molecular weight is 248 g/mol. The van der Waals surface area contributed by atoms with Gasteiger partial charge in [-0.15, -0.1) is 0 Å². The van der Waals surface area contributed by atoms with E-state index in [2.05, 4.69) is 20.4 Å². The molecular formula is C11H12N4O3. The van der Waals surface area contributed by atoms with Crippen molar-refractivity contribution in [3.63, 3.8) is 0 Å². The summed E-state index contributed by atoms with van der Waals surface area (Å²) in [6.07, 6.45) is 3.78. The Kier molecular flexibility index (Phi) is 2.67. The van der Waals surface area contributed by atoms with E-state index >= 15 is 0 Å². The summed E-state index contributed by atoms with van der Waals surface area (Å²) in [6.45, 7) is 1.21. The average Bonchev–Trinajstić information content (AvgIpc) is 2.82. The summed E-state index contributed by atoms with van der Waals surface area (Å²) >= 11 is 0. The molecule has 0 saturated carbocycles. The molecule has 0 radical (unpaired) electrons. The minimum absolute atomic E-state index is 0.179. The molecule has 1 aliphatic rings. The van der Waals surface area contributed by atoms with Gasteiger partial charge in [-0.1, -0.05) is 5.16 Å². The molecule has 1 fully saturated rings. The Balaban J connectivity index is 2.04. The first-order valence-corrected chi connectivity index (χ1v) is 5.77. The lowest BCUT2D eigenvalue weighted by Gasteiger charge is -2.27. The van der Waals surface area contributed by atoms with Gasteiger partial charge in [-0.2, -0.15) is 0 Å². The summed E-state index contributed by atoms with van der Waals surface area (Å²) in [5.41, 5.74) is 1.53. The van der Waals surface area contributed by atoms with Gasteiger partial charge in [0.1, 0.15) is 5.69 Å². The minimum atomic E-state index is -0.827. The zero-order valence-electron chi connectivity index (χ0n) is 9.54. The van der Waals surface area contributed by atoms with Crippen LogP contribution in [0.3, 0.4) is 0 Å². The third-order valence-corrected chi connectivity index (χ3v) is 3.29. The Morgan fingerprint density at radius 1 is 1.44 bits per heavy atom. The summed E-state index contributed by atoms with van der Waals surface area (Å²) < 4.78 is 5.09. The molecule has 18 heavy (non-hydrogen) atoms. The van der Waals surface area contributed by atoms with Gasteiger partial charge in [-0.3, -0.25) is 4.79 Å². The fraction of sp³-hybridized carbons (Fsp3) is 0.455. The molecule has 3 heterocycles. The van der Waals surface area contributed by atoms with E-state index in [9.17, 15) is 9.90 Å². The van der Waals surface area contributed by atoms with Crippen LogP contribution in [0.15, 0.2) is 16.9 Å². The van der Waals surface area contributed by atoms with E-state index < -0.39 is 11.9 Å². The highest BCUT2D eigenvalue weighted by Crippen LogP contribution is 2.32. The fourth-order valence-corrected chi connectivity index (χ4v) is 2.39. The highest BCUT2D eigenvalue weighted by molar-refractivity contribution is 5.75. The number of aromatic nitrogens is 3. The Morgan fingerprint density at radius 2 is 2.28 bits per heavy atom.